The molecule has 0 bridgehead atoms. The van der Waals surface area contributed by atoms with E-state index < -0.39 is 0 Å². The summed E-state index contributed by atoms with van der Waals surface area (Å²) in [6, 6.07) is 8.11. The average Bonchev–Trinajstić information content (AvgIpc) is 2.38. The molecule has 0 spiro atoms. The van der Waals surface area contributed by atoms with E-state index in [1.165, 1.54) is 11.1 Å². The molecule has 0 unspecified atom stereocenters. The van der Waals surface area contributed by atoms with Gasteiger partial charge >= 0.3 is 0 Å². The van der Waals surface area contributed by atoms with Crippen LogP contribution in [0.3, 0.4) is 0 Å². The summed E-state index contributed by atoms with van der Waals surface area (Å²) in [5.41, 5.74) is 2.03. The zero-order valence-electron chi connectivity index (χ0n) is 12.5. The van der Waals surface area contributed by atoms with Gasteiger partial charge in [0.2, 0.25) is 0 Å². The maximum atomic E-state index is 12.4. The number of rotatable bonds is 3. The molecular formula is C16H21N3O. The highest BCUT2D eigenvalue weighted by Gasteiger charge is 2.16. The lowest BCUT2D eigenvalue weighted by Gasteiger charge is -2.22. The van der Waals surface area contributed by atoms with Crippen LogP contribution in [0.15, 0.2) is 41.5 Å². The van der Waals surface area contributed by atoms with Crippen molar-refractivity contribution in [2.75, 3.05) is 5.32 Å². The molecule has 4 nitrogen and oxygen atoms in total. The highest BCUT2D eigenvalue weighted by Crippen LogP contribution is 2.12. The molecule has 1 heterocycles. The summed E-state index contributed by atoms with van der Waals surface area (Å²) in [6.07, 6.45) is 3.38. The van der Waals surface area contributed by atoms with Gasteiger partial charge in [0.25, 0.3) is 5.56 Å². The minimum absolute atomic E-state index is 0.0893. The van der Waals surface area contributed by atoms with E-state index in [0.29, 0.717) is 12.4 Å². The first-order valence-electron chi connectivity index (χ1n) is 6.76. The van der Waals surface area contributed by atoms with Crippen molar-refractivity contribution in [1.29, 1.82) is 0 Å². The SMILES string of the molecule is Cc1ccccc1CNc1nccn(C(C)(C)C)c1=O. The molecule has 0 saturated heterocycles. The Morgan fingerprint density at radius 3 is 2.60 bits per heavy atom. The Morgan fingerprint density at radius 2 is 1.95 bits per heavy atom. The Labute approximate surface area is 119 Å². The van der Waals surface area contributed by atoms with Crippen molar-refractivity contribution >= 4 is 5.82 Å². The maximum absolute atomic E-state index is 12.4. The van der Waals surface area contributed by atoms with Crippen molar-refractivity contribution in [3.63, 3.8) is 0 Å². The van der Waals surface area contributed by atoms with Gasteiger partial charge in [-0.1, -0.05) is 24.3 Å². The number of nitrogens with one attached hydrogen (secondary N) is 1. The van der Waals surface area contributed by atoms with E-state index in [2.05, 4.69) is 23.3 Å². The fraction of sp³-hybridized carbons (Fsp3) is 0.375. The summed E-state index contributed by atoms with van der Waals surface area (Å²) in [4.78, 5) is 16.5. The Hall–Kier alpha value is -2.10. The normalized spacial score (nSPS) is 11.4. The maximum Gasteiger partial charge on any atom is 0.293 e. The van der Waals surface area contributed by atoms with E-state index in [1.807, 2.05) is 39.0 Å². The standard InChI is InChI=1S/C16H21N3O/c1-12-7-5-6-8-13(12)11-18-14-15(20)19(10-9-17-14)16(2,3)4/h5-10H,11H2,1-4H3,(H,17,18). The zero-order chi connectivity index (χ0) is 14.8. The third-order valence-corrected chi connectivity index (χ3v) is 3.27. The first-order valence-corrected chi connectivity index (χ1v) is 6.76. The fourth-order valence-electron chi connectivity index (χ4n) is 2.05. The van der Waals surface area contributed by atoms with Gasteiger partial charge in [0, 0.05) is 24.5 Å². The summed E-state index contributed by atoms with van der Waals surface area (Å²) < 4.78 is 1.69. The number of aryl methyl sites for hydroxylation is 1. The molecule has 1 aromatic heterocycles. The van der Waals surface area contributed by atoms with Gasteiger partial charge in [-0.3, -0.25) is 4.79 Å². The Bertz CT molecular complexity index is 653. The number of benzene rings is 1. The largest absolute Gasteiger partial charge is 0.361 e. The number of nitrogens with zero attached hydrogens (tertiary/aromatic N) is 2. The smallest absolute Gasteiger partial charge is 0.293 e. The number of anilines is 1. The van der Waals surface area contributed by atoms with Crippen LogP contribution in [0.25, 0.3) is 0 Å². The number of hydrogen-bond donors (Lipinski definition) is 1. The van der Waals surface area contributed by atoms with Crippen LogP contribution in [-0.4, -0.2) is 9.55 Å². The van der Waals surface area contributed by atoms with Crippen molar-refractivity contribution in [3.05, 3.63) is 58.1 Å². The minimum Gasteiger partial charge on any atom is -0.361 e. The van der Waals surface area contributed by atoms with Gasteiger partial charge < -0.3 is 9.88 Å². The predicted molar refractivity (Wildman–Crippen MR) is 82.0 cm³/mol. The summed E-state index contributed by atoms with van der Waals surface area (Å²) in [5, 5.41) is 3.14. The highest BCUT2D eigenvalue weighted by molar-refractivity contribution is 5.35. The van der Waals surface area contributed by atoms with E-state index >= 15 is 0 Å². The van der Waals surface area contributed by atoms with E-state index in [9.17, 15) is 4.79 Å². The summed E-state index contributed by atoms with van der Waals surface area (Å²) in [6.45, 7) is 8.66. The molecule has 20 heavy (non-hydrogen) atoms. The van der Waals surface area contributed by atoms with Crippen LogP contribution in [-0.2, 0) is 12.1 Å². The van der Waals surface area contributed by atoms with Crippen LogP contribution < -0.4 is 10.9 Å². The molecule has 0 radical (unpaired) electrons. The van der Waals surface area contributed by atoms with Gasteiger partial charge in [-0.15, -0.1) is 0 Å². The highest BCUT2D eigenvalue weighted by atomic mass is 16.1. The molecule has 0 atom stereocenters. The van der Waals surface area contributed by atoms with Crippen LogP contribution in [0, 0.1) is 6.92 Å². The molecule has 2 aromatic rings. The molecule has 1 N–H and O–H groups in total. The van der Waals surface area contributed by atoms with Gasteiger partial charge in [-0.25, -0.2) is 4.98 Å². The average molecular weight is 271 g/mol. The van der Waals surface area contributed by atoms with Crippen LogP contribution in [0.4, 0.5) is 5.82 Å². The molecule has 1 aromatic carbocycles. The quantitative estimate of drug-likeness (QED) is 0.933. The lowest BCUT2D eigenvalue weighted by molar-refractivity contribution is 0.383. The van der Waals surface area contributed by atoms with Crippen LogP contribution in [0.1, 0.15) is 31.9 Å². The van der Waals surface area contributed by atoms with Gasteiger partial charge in [-0.2, -0.15) is 0 Å². The second-order valence-electron chi connectivity index (χ2n) is 5.90. The van der Waals surface area contributed by atoms with Crippen molar-refractivity contribution in [2.45, 2.75) is 39.8 Å². The summed E-state index contributed by atoms with van der Waals surface area (Å²) in [7, 11) is 0. The lowest BCUT2D eigenvalue weighted by Crippen LogP contribution is -2.35. The van der Waals surface area contributed by atoms with Crippen molar-refractivity contribution < 1.29 is 0 Å². The number of aromatic nitrogens is 2. The molecule has 0 fully saturated rings. The van der Waals surface area contributed by atoms with Crippen LogP contribution in [0.2, 0.25) is 0 Å². The first kappa shape index (κ1) is 14.3. The second kappa shape index (κ2) is 5.49. The van der Waals surface area contributed by atoms with E-state index in [4.69, 9.17) is 0 Å². The third-order valence-electron chi connectivity index (χ3n) is 3.27. The molecule has 106 valence electrons. The third kappa shape index (κ3) is 3.07. The second-order valence-corrected chi connectivity index (χ2v) is 5.90. The van der Waals surface area contributed by atoms with Gasteiger partial charge in [0.15, 0.2) is 5.82 Å². The predicted octanol–water partition coefficient (Wildman–Crippen LogP) is 2.92. The van der Waals surface area contributed by atoms with Gasteiger partial charge in [0.05, 0.1) is 0 Å². The molecular weight excluding hydrogens is 250 g/mol. The molecule has 4 heteroatoms. The van der Waals surface area contributed by atoms with E-state index in [-0.39, 0.29) is 11.1 Å². The zero-order valence-corrected chi connectivity index (χ0v) is 12.5. The first-order chi connectivity index (χ1) is 9.39. The van der Waals surface area contributed by atoms with Crippen molar-refractivity contribution in [3.8, 4) is 0 Å². The minimum atomic E-state index is -0.251. The lowest BCUT2D eigenvalue weighted by atomic mass is 10.1. The molecule has 0 aliphatic carbocycles. The molecule has 0 aliphatic rings. The fourth-order valence-corrected chi connectivity index (χ4v) is 2.05. The molecule has 0 saturated carbocycles. The van der Waals surface area contributed by atoms with Crippen LogP contribution >= 0.6 is 0 Å². The van der Waals surface area contributed by atoms with Gasteiger partial charge in [-0.05, 0) is 38.8 Å². The molecule has 2 rings (SSSR count). The monoisotopic (exact) mass is 271 g/mol. The Kier molecular flexibility index (Phi) is 3.93. The van der Waals surface area contributed by atoms with E-state index in [1.54, 1.807) is 17.0 Å². The molecule has 0 amide bonds. The van der Waals surface area contributed by atoms with Crippen LogP contribution in [0.5, 0.6) is 0 Å². The topological polar surface area (TPSA) is 46.9 Å². The van der Waals surface area contributed by atoms with Gasteiger partial charge in [0.1, 0.15) is 0 Å². The Balaban J connectivity index is 2.23. The van der Waals surface area contributed by atoms with E-state index in [0.717, 1.165) is 0 Å². The Morgan fingerprint density at radius 1 is 1.25 bits per heavy atom. The summed E-state index contributed by atoms with van der Waals surface area (Å²) >= 11 is 0. The molecule has 0 aliphatic heterocycles. The van der Waals surface area contributed by atoms with Crippen molar-refractivity contribution in [2.24, 2.45) is 0 Å². The summed E-state index contributed by atoms with van der Waals surface area (Å²) in [5.74, 6) is 0.394. The van der Waals surface area contributed by atoms with Crippen molar-refractivity contribution in [1.82, 2.24) is 9.55 Å². The number of hydrogen-bond acceptors (Lipinski definition) is 3.